The molecule has 2 rings (SSSR count). The van der Waals surface area contributed by atoms with Gasteiger partial charge in [0.15, 0.2) is 0 Å². The van der Waals surface area contributed by atoms with Crippen LogP contribution in [0.5, 0.6) is 11.5 Å². The van der Waals surface area contributed by atoms with Gasteiger partial charge in [0.1, 0.15) is 11.5 Å². The Morgan fingerprint density at radius 1 is 1.36 bits per heavy atom. The summed E-state index contributed by atoms with van der Waals surface area (Å²) >= 11 is 0. The van der Waals surface area contributed by atoms with Crippen molar-refractivity contribution in [1.29, 1.82) is 0 Å². The summed E-state index contributed by atoms with van der Waals surface area (Å²) in [6, 6.07) is 4.17. The zero-order valence-electron chi connectivity index (χ0n) is 7.34. The van der Waals surface area contributed by atoms with Crippen molar-refractivity contribution < 1.29 is 20.1 Å². The molecule has 0 aliphatic heterocycles. The third kappa shape index (κ3) is 1.39. The van der Waals surface area contributed by atoms with E-state index in [4.69, 9.17) is 5.11 Å². The third-order valence-corrected chi connectivity index (χ3v) is 2.52. The van der Waals surface area contributed by atoms with Crippen LogP contribution in [0.15, 0.2) is 18.2 Å². The van der Waals surface area contributed by atoms with E-state index in [0.29, 0.717) is 12.0 Å². The lowest BCUT2D eigenvalue weighted by atomic mass is 10.1. The van der Waals surface area contributed by atoms with Crippen molar-refractivity contribution in [3.8, 4) is 11.5 Å². The Kier molecular flexibility index (Phi) is 1.84. The van der Waals surface area contributed by atoms with Crippen molar-refractivity contribution in [3.05, 3.63) is 23.8 Å². The van der Waals surface area contributed by atoms with Crippen LogP contribution in [0.1, 0.15) is 17.9 Å². The molecule has 1 saturated carbocycles. The number of carboxylic acids is 1. The van der Waals surface area contributed by atoms with Gasteiger partial charge in [-0.15, -0.1) is 0 Å². The number of aliphatic carboxylic acids is 1. The van der Waals surface area contributed by atoms with Gasteiger partial charge in [0.2, 0.25) is 0 Å². The van der Waals surface area contributed by atoms with Crippen LogP contribution in [0.4, 0.5) is 0 Å². The lowest BCUT2D eigenvalue weighted by Gasteiger charge is -2.02. The summed E-state index contributed by atoms with van der Waals surface area (Å²) in [6.07, 6.45) is 0.534. The van der Waals surface area contributed by atoms with Gasteiger partial charge >= 0.3 is 5.97 Å². The van der Waals surface area contributed by atoms with Gasteiger partial charge in [-0.25, -0.2) is 0 Å². The number of hydrogen-bond donors (Lipinski definition) is 3. The summed E-state index contributed by atoms with van der Waals surface area (Å²) < 4.78 is 0. The summed E-state index contributed by atoms with van der Waals surface area (Å²) in [7, 11) is 0. The average Bonchev–Trinajstić information content (AvgIpc) is 2.88. The zero-order valence-corrected chi connectivity index (χ0v) is 7.34. The van der Waals surface area contributed by atoms with E-state index in [1.54, 1.807) is 0 Å². The highest BCUT2D eigenvalue weighted by Gasteiger charge is 2.45. The van der Waals surface area contributed by atoms with Crippen LogP contribution in [0.25, 0.3) is 0 Å². The lowest BCUT2D eigenvalue weighted by molar-refractivity contribution is -0.138. The largest absolute Gasteiger partial charge is 0.508 e. The van der Waals surface area contributed by atoms with Crippen molar-refractivity contribution in [2.75, 3.05) is 0 Å². The maximum atomic E-state index is 10.6. The smallest absolute Gasteiger partial charge is 0.307 e. The average molecular weight is 194 g/mol. The number of phenols is 2. The Morgan fingerprint density at radius 3 is 2.64 bits per heavy atom. The predicted octanol–water partition coefficient (Wildman–Crippen LogP) is 1.29. The van der Waals surface area contributed by atoms with Gasteiger partial charge in [-0.3, -0.25) is 4.79 Å². The molecule has 0 amide bonds. The van der Waals surface area contributed by atoms with Crippen LogP contribution in [-0.4, -0.2) is 21.3 Å². The molecule has 74 valence electrons. The van der Waals surface area contributed by atoms with Crippen LogP contribution in [0, 0.1) is 5.92 Å². The molecular weight excluding hydrogens is 184 g/mol. The Morgan fingerprint density at radius 2 is 2.07 bits per heavy atom. The minimum absolute atomic E-state index is 0.0499. The molecule has 1 aliphatic rings. The fourth-order valence-corrected chi connectivity index (χ4v) is 1.65. The highest BCUT2D eigenvalue weighted by atomic mass is 16.4. The molecule has 0 aromatic heterocycles. The summed E-state index contributed by atoms with van der Waals surface area (Å²) in [5.41, 5.74) is 0.525. The van der Waals surface area contributed by atoms with Crippen LogP contribution in [-0.2, 0) is 4.79 Å². The molecule has 0 spiro atoms. The molecule has 0 radical (unpaired) electrons. The minimum atomic E-state index is -0.849. The monoisotopic (exact) mass is 194 g/mol. The molecule has 1 aliphatic carbocycles. The van der Waals surface area contributed by atoms with Crippen molar-refractivity contribution in [2.45, 2.75) is 12.3 Å². The second-order valence-electron chi connectivity index (χ2n) is 3.53. The van der Waals surface area contributed by atoms with Gasteiger partial charge in [-0.1, -0.05) is 0 Å². The van der Waals surface area contributed by atoms with Gasteiger partial charge < -0.3 is 15.3 Å². The SMILES string of the molecule is O=C(O)[C@@H]1C[C@H]1c1cc(O)ccc1O. The molecule has 1 aromatic rings. The Bertz CT molecular complexity index is 386. The van der Waals surface area contributed by atoms with Gasteiger partial charge in [0.25, 0.3) is 0 Å². The molecule has 4 nitrogen and oxygen atoms in total. The van der Waals surface area contributed by atoms with Crippen molar-refractivity contribution in [1.82, 2.24) is 0 Å². The first kappa shape index (κ1) is 8.87. The number of phenolic OH excluding ortho intramolecular Hbond substituents is 2. The van der Waals surface area contributed by atoms with E-state index in [1.807, 2.05) is 0 Å². The number of carbonyl (C=O) groups is 1. The normalized spacial score (nSPS) is 24.6. The minimum Gasteiger partial charge on any atom is -0.508 e. The number of carboxylic acid groups (broad SMARTS) is 1. The maximum absolute atomic E-state index is 10.6. The predicted molar refractivity (Wildman–Crippen MR) is 48.3 cm³/mol. The first-order valence-electron chi connectivity index (χ1n) is 4.34. The molecule has 0 heterocycles. The van der Waals surface area contributed by atoms with E-state index in [9.17, 15) is 15.0 Å². The standard InChI is InChI=1S/C10H10O4/c11-5-1-2-9(12)7(3-5)6-4-8(6)10(13)14/h1-3,6,8,11-12H,4H2,(H,13,14)/t6-,8+/m0/s1. The second kappa shape index (κ2) is 2.90. The molecule has 2 atom stereocenters. The van der Waals surface area contributed by atoms with Crippen LogP contribution >= 0.6 is 0 Å². The molecule has 0 saturated heterocycles. The third-order valence-electron chi connectivity index (χ3n) is 2.52. The molecule has 14 heavy (non-hydrogen) atoms. The van der Waals surface area contributed by atoms with E-state index < -0.39 is 11.9 Å². The van der Waals surface area contributed by atoms with E-state index in [1.165, 1.54) is 18.2 Å². The number of benzene rings is 1. The van der Waals surface area contributed by atoms with E-state index in [0.717, 1.165) is 0 Å². The summed E-state index contributed by atoms with van der Waals surface area (Å²) in [5, 5.41) is 27.3. The van der Waals surface area contributed by atoms with Crippen molar-refractivity contribution in [2.24, 2.45) is 5.92 Å². The quantitative estimate of drug-likeness (QED) is 0.620. The lowest BCUT2D eigenvalue weighted by Crippen LogP contribution is -1.98. The Labute approximate surface area is 80.4 Å². The van der Waals surface area contributed by atoms with Gasteiger partial charge in [0.05, 0.1) is 5.92 Å². The van der Waals surface area contributed by atoms with Crippen molar-refractivity contribution >= 4 is 5.97 Å². The second-order valence-corrected chi connectivity index (χ2v) is 3.53. The fraction of sp³-hybridized carbons (Fsp3) is 0.300. The van der Waals surface area contributed by atoms with Crippen molar-refractivity contribution in [3.63, 3.8) is 0 Å². The summed E-state index contributed by atoms with van der Waals surface area (Å²) in [5.74, 6) is -1.31. The maximum Gasteiger partial charge on any atom is 0.307 e. The van der Waals surface area contributed by atoms with Gasteiger partial charge in [0, 0.05) is 11.5 Å². The van der Waals surface area contributed by atoms with Gasteiger partial charge in [-0.2, -0.15) is 0 Å². The fourth-order valence-electron chi connectivity index (χ4n) is 1.65. The van der Waals surface area contributed by atoms with E-state index >= 15 is 0 Å². The van der Waals surface area contributed by atoms with Crippen LogP contribution in [0.3, 0.4) is 0 Å². The molecule has 0 unspecified atom stereocenters. The van der Waals surface area contributed by atoms with Crippen LogP contribution in [0.2, 0.25) is 0 Å². The number of rotatable bonds is 2. The van der Waals surface area contributed by atoms with Crippen LogP contribution < -0.4 is 0 Å². The molecule has 4 heteroatoms. The molecule has 1 fully saturated rings. The van der Waals surface area contributed by atoms with Gasteiger partial charge in [-0.05, 0) is 24.6 Å². The highest BCUT2D eigenvalue weighted by Crippen LogP contribution is 2.50. The summed E-state index contributed by atoms with van der Waals surface area (Å²) in [4.78, 5) is 10.6. The Balaban J connectivity index is 2.26. The number of hydrogen-bond acceptors (Lipinski definition) is 3. The summed E-state index contributed by atoms with van der Waals surface area (Å²) in [6.45, 7) is 0. The molecule has 0 bridgehead atoms. The molecular formula is C10H10O4. The van der Waals surface area contributed by atoms with E-state index in [-0.39, 0.29) is 17.4 Å². The zero-order chi connectivity index (χ0) is 10.3. The first-order valence-corrected chi connectivity index (χ1v) is 4.34. The topological polar surface area (TPSA) is 77.8 Å². The van der Waals surface area contributed by atoms with E-state index in [2.05, 4.69) is 0 Å². The Hall–Kier alpha value is -1.71. The first-order chi connectivity index (χ1) is 6.59. The molecule has 3 N–H and O–H groups in total. The molecule has 1 aromatic carbocycles. The highest BCUT2D eigenvalue weighted by molar-refractivity contribution is 5.75. The number of aromatic hydroxyl groups is 2.